The molecule has 53 heavy (non-hydrogen) atoms. The number of rotatable bonds is 18. The van der Waals surface area contributed by atoms with Gasteiger partial charge in [-0.25, -0.2) is 18.7 Å². The number of nitrogens with zero attached hydrogens (tertiary/aromatic N) is 4. The van der Waals surface area contributed by atoms with Gasteiger partial charge >= 0.3 is 0 Å². The van der Waals surface area contributed by atoms with Gasteiger partial charge in [-0.1, -0.05) is 24.3 Å². The molecule has 2 heterocycles. The highest BCUT2D eigenvalue weighted by atomic mass is 19.1. The number of nitrogens with one attached hydrogen (secondary N) is 4. The summed E-state index contributed by atoms with van der Waals surface area (Å²) in [6, 6.07) is 31.9. The number of aryl methyl sites for hydroxylation is 2. The molecule has 6 rings (SSSR count). The van der Waals surface area contributed by atoms with Crippen molar-refractivity contribution in [2.75, 3.05) is 34.5 Å². The Balaban J connectivity index is 0.862. The second-order valence-corrected chi connectivity index (χ2v) is 12.5. The van der Waals surface area contributed by atoms with Gasteiger partial charge in [-0.15, -0.1) is 0 Å². The molecule has 0 bridgehead atoms. The molecule has 6 aromatic rings. The Hall–Kier alpha value is -6.30. The van der Waals surface area contributed by atoms with Gasteiger partial charge in [-0.05, 0) is 117 Å². The maximum Gasteiger partial charge on any atom is 0.229 e. The zero-order valence-corrected chi connectivity index (χ0v) is 29.7. The first-order valence-electron chi connectivity index (χ1n) is 17.5. The van der Waals surface area contributed by atoms with Crippen molar-refractivity contribution in [2.24, 2.45) is 0 Å². The fraction of sp³-hybridized carbons (Fsp3) is 0.220. The first kappa shape index (κ1) is 36.5. The minimum absolute atomic E-state index is 0.258. The minimum Gasteiger partial charge on any atom is -0.494 e. The van der Waals surface area contributed by atoms with Crippen LogP contribution in [0, 0.1) is 25.5 Å². The molecule has 4 N–H and O–H groups in total. The van der Waals surface area contributed by atoms with Gasteiger partial charge in [0, 0.05) is 48.0 Å². The molecule has 0 unspecified atom stereocenters. The lowest BCUT2D eigenvalue weighted by Gasteiger charge is -2.11. The normalized spacial score (nSPS) is 10.8. The van der Waals surface area contributed by atoms with Crippen LogP contribution in [0.25, 0.3) is 0 Å². The second-order valence-electron chi connectivity index (χ2n) is 12.5. The van der Waals surface area contributed by atoms with Gasteiger partial charge in [0.1, 0.15) is 34.8 Å². The van der Waals surface area contributed by atoms with Crippen LogP contribution in [-0.4, -0.2) is 33.1 Å². The summed E-state index contributed by atoms with van der Waals surface area (Å²) in [5, 5.41) is 13.0. The van der Waals surface area contributed by atoms with E-state index in [0.717, 1.165) is 64.7 Å². The quantitative estimate of drug-likeness (QED) is 0.0641. The number of hydrogen-bond donors (Lipinski definition) is 4. The number of ether oxygens (including phenoxy) is 2. The molecule has 0 amide bonds. The number of halogens is 2. The van der Waals surface area contributed by atoms with Gasteiger partial charge in [0.05, 0.1) is 13.2 Å². The minimum atomic E-state index is -0.258. The Bertz CT molecular complexity index is 1900. The maximum absolute atomic E-state index is 13.2. The molecule has 0 aliphatic carbocycles. The molecular formula is C41H42F2N8O2. The molecule has 0 fully saturated rings. The van der Waals surface area contributed by atoms with Crippen molar-refractivity contribution in [2.45, 2.75) is 46.2 Å². The average molecular weight is 717 g/mol. The van der Waals surface area contributed by atoms with Crippen LogP contribution in [0.3, 0.4) is 0 Å². The molecule has 2 aromatic heterocycles. The lowest BCUT2D eigenvalue weighted by atomic mass is 10.2. The monoisotopic (exact) mass is 716 g/mol. The molecule has 10 nitrogen and oxygen atoms in total. The lowest BCUT2D eigenvalue weighted by molar-refractivity contribution is 0.279. The number of hydrogen-bond acceptors (Lipinski definition) is 10. The summed E-state index contributed by atoms with van der Waals surface area (Å²) in [6.07, 6.45) is 2.80. The Labute approximate surface area is 308 Å². The highest BCUT2D eigenvalue weighted by molar-refractivity contribution is 5.57. The molecule has 0 aliphatic rings. The molecule has 0 radical (unpaired) electrons. The van der Waals surface area contributed by atoms with E-state index in [-0.39, 0.29) is 11.6 Å². The molecule has 0 saturated heterocycles. The van der Waals surface area contributed by atoms with E-state index in [1.165, 1.54) is 24.3 Å². The maximum atomic E-state index is 13.2. The Morgan fingerprint density at radius 3 is 1.28 bits per heavy atom. The van der Waals surface area contributed by atoms with E-state index in [1.54, 1.807) is 24.3 Å². The summed E-state index contributed by atoms with van der Waals surface area (Å²) < 4.78 is 38.3. The van der Waals surface area contributed by atoms with Crippen molar-refractivity contribution < 1.29 is 18.3 Å². The van der Waals surface area contributed by atoms with Crippen molar-refractivity contribution in [1.29, 1.82) is 0 Å². The van der Waals surface area contributed by atoms with Crippen LogP contribution in [0.2, 0.25) is 0 Å². The average Bonchev–Trinajstić information content (AvgIpc) is 3.15. The van der Waals surface area contributed by atoms with Crippen LogP contribution in [0.5, 0.6) is 11.5 Å². The highest BCUT2D eigenvalue weighted by Gasteiger charge is 2.07. The first-order valence-corrected chi connectivity index (χ1v) is 17.5. The molecule has 0 spiro atoms. The van der Waals surface area contributed by atoms with Crippen molar-refractivity contribution in [3.8, 4) is 11.5 Å². The summed E-state index contributed by atoms with van der Waals surface area (Å²) in [6.45, 7) is 6.09. The van der Waals surface area contributed by atoms with Crippen LogP contribution in [0.15, 0.2) is 109 Å². The molecule has 0 aliphatic heterocycles. The third kappa shape index (κ3) is 11.9. The summed E-state index contributed by atoms with van der Waals surface area (Å²) in [4.78, 5) is 18.1. The van der Waals surface area contributed by atoms with Crippen LogP contribution in [-0.2, 0) is 13.1 Å². The predicted molar refractivity (Wildman–Crippen MR) is 205 cm³/mol. The molecule has 272 valence electrons. The second kappa shape index (κ2) is 18.3. The van der Waals surface area contributed by atoms with Crippen molar-refractivity contribution >= 4 is 34.9 Å². The number of aromatic nitrogens is 4. The molecule has 0 atom stereocenters. The predicted octanol–water partition coefficient (Wildman–Crippen LogP) is 9.50. The van der Waals surface area contributed by atoms with Gasteiger partial charge in [0.25, 0.3) is 0 Å². The summed E-state index contributed by atoms with van der Waals surface area (Å²) in [7, 11) is 0. The highest BCUT2D eigenvalue weighted by Crippen LogP contribution is 2.22. The van der Waals surface area contributed by atoms with E-state index in [4.69, 9.17) is 9.47 Å². The summed E-state index contributed by atoms with van der Waals surface area (Å²) >= 11 is 0. The van der Waals surface area contributed by atoms with Crippen LogP contribution in [0.1, 0.15) is 41.8 Å². The van der Waals surface area contributed by atoms with Crippen molar-refractivity contribution in [3.05, 3.63) is 143 Å². The van der Waals surface area contributed by atoms with Crippen LogP contribution < -0.4 is 30.7 Å². The Kier molecular flexibility index (Phi) is 12.6. The van der Waals surface area contributed by atoms with Crippen LogP contribution >= 0.6 is 0 Å². The topological polar surface area (TPSA) is 118 Å². The zero-order chi connectivity index (χ0) is 36.8. The van der Waals surface area contributed by atoms with E-state index in [1.807, 2.05) is 74.5 Å². The fourth-order valence-corrected chi connectivity index (χ4v) is 5.31. The molecule has 12 heteroatoms. The van der Waals surface area contributed by atoms with Gasteiger partial charge in [-0.3, -0.25) is 0 Å². The molecular weight excluding hydrogens is 675 g/mol. The van der Waals surface area contributed by atoms with Gasteiger partial charge in [0.15, 0.2) is 0 Å². The van der Waals surface area contributed by atoms with E-state index in [0.29, 0.717) is 49.8 Å². The zero-order valence-electron chi connectivity index (χ0n) is 29.7. The third-order valence-corrected chi connectivity index (χ3v) is 8.03. The smallest absolute Gasteiger partial charge is 0.229 e. The van der Waals surface area contributed by atoms with Crippen molar-refractivity contribution in [3.63, 3.8) is 0 Å². The summed E-state index contributed by atoms with van der Waals surface area (Å²) in [5.74, 6) is 3.39. The fourth-order valence-electron chi connectivity index (χ4n) is 5.31. The SMILES string of the molecule is Cc1cc(NCc2ccc(F)cc2)nc(Nc2ccc(OCCCCCOc3ccc(Nc4nc(C)cc(NCc5ccc(F)cc5)n4)cc3)cc2)n1. The van der Waals surface area contributed by atoms with E-state index < -0.39 is 0 Å². The van der Waals surface area contributed by atoms with Crippen molar-refractivity contribution in [1.82, 2.24) is 19.9 Å². The standard InChI is InChI=1S/C41H42F2N8O2/c1-28-24-38(44-26-30-6-10-32(42)11-7-30)50-40(46-28)48-34-14-18-36(19-15-34)52-22-4-3-5-23-53-37-20-16-35(17-21-37)49-41-47-29(2)25-39(51-41)45-27-31-8-12-33(43)13-9-31/h6-21,24-25H,3-5,22-23,26-27H2,1-2H3,(H2,44,46,48,50)(H2,45,47,49,51). The van der Waals surface area contributed by atoms with Gasteiger partial charge < -0.3 is 30.7 Å². The first-order chi connectivity index (χ1) is 25.8. The van der Waals surface area contributed by atoms with Gasteiger partial charge in [-0.2, -0.15) is 9.97 Å². The number of anilines is 6. The summed E-state index contributed by atoms with van der Waals surface area (Å²) in [5.41, 5.74) is 5.24. The van der Waals surface area contributed by atoms with Gasteiger partial charge in [0.2, 0.25) is 11.9 Å². The molecule has 4 aromatic carbocycles. The molecule has 0 saturated carbocycles. The Morgan fingerprint density at radius 2 is 0.887 bits per heavy atom. The van der Waals surface area contributed by atoms with E-state index in [2.05, 4.69) is 41.2 Å². The number of benzene rings is 4. The van der Waals surface area contributed by atoms with Crippen LogP contribution in [0.4, 0.5) is 43.7 Å². The van der Waals surface area contributed by atoms with E-state index in [9.17, 15) is 8.78 Å². The largest absolute Gasteiger partial charge is 0.494 e. The third-order valence-electron chi connectivity index (χ3n) is 8.03. The van der Waals surface area contributed by atoms with E-state index >= 15 is 0 Å². The lowest BCUT2D eigenvalue weighted by Crippen LogP contribution is -2.06. The Morgan fingerprint density at radius 1 is 0.491 bits per heavy atom. The number of unbranched alkanes of at least 4 members (excludes halogenated alkanes) is 2.